The number of halogens is 6. The van der Waals surface area contributed by atoms with Crippen LogP contribution < -0.4 is 5.73 Å². The van der Waals surface area contributed by atoms with Crippen molar-refractivity contribution in [2.75, 3.05) is 6.54 Å². The van der Waals surface area contributed by atoms with Crippen molar-refractivity contribution in [3.8, 4) is 0 Å². The van der Waals surface area contributed by atoms with Crippen LogP contribution in [0.3, 0.4) is 0 Å². The minimum atomic E-state index is -5.08. The van der Waals surface area contributed by atoms with Crippen LogP contribution in [-0.2, 0) is 24.1 Å². The molecule has 184 valence electrons. The summed E-state index contributed by atoms with van der Waals surface area (Å²) < 4.78 is 73.4. The maximum Gasteiger partial charge on any atom is 0.490 e. The van der Waals surface area contributed by atoms with Crippen LogP contribution in [0.1, 0.15) is 40.5 Å². The summed E-state index contributed by atoms with van der Waals surface area (Å²) in [6.07, 6.45) is -6.51. The monoisotopic (exact) mass is 493 g/mol. The Balaban J connectivity index is 0.000000406. The summed E-state index contributed by atoms with van der Waals surface area (Å²) in [5, 5.41) is 18.2. The van der Waals surface area contributed by atoms with E-state index in [1.807, 2.05) is 0 Å². The first kappa shape index (κ1) is 24.9. The molecule has 0 radical (unpaired) electrons. The maximum absolute atomic E-state index is 13.1. The maximum atomic E-state index is 13.1. The molecule has 0 aromatic carbocycles. The number of pyridine rings is 1. The molecule has 0 saturated carbocycles. The molecule has 3 N–H and O–H groups in total. The molecule has 0 saturated heterocycles. The molecule has 0 fully saturated rings. The number of aromatic nitrogens is 5. The van der Waals surface area contributed by atoms with Gasteiger partial charge in [0.15, 0.2) is 5.82 Å². The number of hydrogen-bond donors (Lipinski definition) is 2. The molecule has 0 spiro atoms. The molecule has 1 aliphatic heterocycles. The first-order valence-corrected chi connectivity index (χ1v) is 9.53. The Bertz CT molecular complexity index is 1220. The molecule has 1 atom stereocenters. The number of rotatable bonds is 2. The molecule has 4 rings (SSSR count). The molecular weight excluding hydrogens is 476 g/mol. The summed E-state index contributed by atoms with van der Waals surface area (Å²) >= 11 is 0. The van der Waals surface area contributed by atoms with Crippen LogP contribution in [0.4, 0.5) is 26.3 Å². The highest BCUT2D eigenvalue weighted by Gasteiger charge is 2.42. The quantitative estimate of drug-likeness (QED) is 0.524. The number of carboxylic acid groups (broad SMARTS) is 1. The van der Waals surface area contributed by atoms with Crippen LogP contribution in [0, 0.1) is 0 Å². The Morgan fingerprint density at radius 2 is 1.82 bits per heavy atom. The molecule has 16 heteroatoms. The minimum absolute atomic E-state index is 0.0273. The average Bonchev–Trinajstić information content (AvgIpc) is 3.37. The summed E-state index contributed by atoms with van der Waals surface area (Å²) in [5.41, 5.74) is 7.46. The first-order chi connectivity index (χ1) is 15.8. The van der Waals surface area contributed by atoms with Gasteiger partial charge in [-0.3, -0.25) is 4.79 Å². The smallest absolute Gasteiger partial charge is 0.475 e. The number of nitrogens with zero attached hydrogens (tertiary/aromatic N) is 6. The minimum Gasteiger partial charge on any atom is -0.475 e. The number of amides is 1. The highest BCUT2D eigenvalue weighted by atomic mass is 19.4. The van der Waals surface area contributed by atoms with Gasteiger partial charge in [-0.2, -0.15) is 31.4 Å². The average molecular weight is 493 g/mol. The second-order valence-electron chi connectivity index (χ2n) is 7.14. The Morgan fingerprint density at radius 1 is 1.18 bits per heavy atom. The third kappa shape index (κ3) is 4.80. The normalized spacial score (nSPS) is 16.1. The van der Waals surface area contributed by atoms with Crippen LogP contribution in [0.15, 0.2) is 24.5 Å². The second-order valence-corrected chi connectivity index (χ2v) is 7.14. The highest BCUT2D eigenvalue weighted by molar-refractivity contribution is 6.00. The fourth-order valence-electron chi connectivity index (χ4n) is 3.34. The molecule has 0 aliphatic carbocycles. The van der Waals surface area contributed by atoms with Crippen molar-refractivity contribution in [1.82, 2.24) is 29.3 Å². The van der Waals surface area contributed by atoms with Gasteiger partial charge in [-0.05, 0) is 24.6 Å². The first-order valence-electron chi connectivity index (χ1n) is 9.53. The van der Waals surface area contributed by atoms with Crippen molar-refractivity contribution in [3.05, 3.63) is 47.3 Å². The van der Waals surface area contributed by atoms with Crippen LogP contribution >= 0.6 is 0 Å². The van der Waals surface area contributed by atoms with Gasteiger partial charge in [-0.1, -0.05) is 0 Å². The largest absolute Gasteiger partial charge is 0.490 e. The Kier molecular flexibility index (Phi) is 6.55. The van der Waals surface area contributed by atoms with E-state index < -0.39 is 30.2 Å². The van der Waals surface area contributed by atoms with Crippen molar-refractivity contribution in [2.45, 2.75) is 38.4 Å². The van der Waals surface area contributed by atoms with Gasteiger partial charge in [0, 0.05) is 25.8 Å². The summed E-state index contributed by atoms with van der Waals surface area (Å²) in [6, 6.07) is 2.93. The Morgan fingerprint density at radius 3 is 2.38 bits per heavy atom. The van der Waals surface area contributed by atoms with Gasteiger partial charge in [0.2, 0.25) is 5.82 Å². The number of carboxylic acids is 1. The van der Waals surface area contributed by atoms with E-state index in [1.165, 1.54) is 11.1 Å². The Hall–Kier alpha value is -3.69. The lowest BCUT2D eigenvalue weighted by atomic mass is 10.1. The lowest BCUT2D eigenvalue weighted by Gasteiger charge is -2.33. The van der Waals surface area contributed by atoms with E-state index in [0.29, 0.717) is 17.6 Å². The Labute approximate surface area is 186 Å². The summed E-state index contributed by atoms with van der Waals surface area (Å²) in [7, 11) is 0. The SMILES string of the molecule is CC1c2nnc(C(F)(F)F)n2CCN1C(=O)c1cnn2ccc(CN)cc12.O=C(O)C(F)(F)F. The topological polar surface area (TPSA) is 132 Å². The van der Waals surface area contributed by atoms with Crippen LogP contribution in [-0.4, -0.2) is 59.0 Å². The fraction of sp³-hybridized carbons (Fsp3) is 0.389. The number of carbonyl (C=O) groups is 2. The number of fused-ring (bicyclic) bond motifs is 2. The molecule has 34 heavy (non-hydrogen) atoms. The van der Waals surface area contributed by atoms with Crippen molar-refractivity contribution in [2.24, 2.45) is 5.73 Å². The molecular formula is C18H17F6N7O3. The zero-order valence-corrected chi connectivity index (χ0v) is 17.3. The molecule has 1 amide bonds. The molecule has 4 heterocycles. The van der Waals surface area contributed by atoms with E-state index in [1.54, 1.807) is 29.8 Å². The van der Waals surface area contributed by atoms with Gasteiger partial charge < -0.3 is 20.3 Å². The van der Waals surface area contributed by atoms with Crippen molar-refractivity contribution in [1.29, 1.82) is 0 Å². The summed E-state index contributed by atoms with van der Waals surface area (Å²) in [6.45, 7) is 2.04. The van der Waals surface area contributed by atoms with Crippen LogP contribution in [0.25, 0.3) is 5.52 Å². The standard InChI is InChI=1S/C16H16F3N7O.C2HF3O2/c1-9-13-22-23-15(16(17,18)19)25(13)5-4-24(9)14(27)11-8-21-26-3-2-10(7-20)6-12(11)26;3-2(4,5)1(6)7/h2-3,6,8-9H,4-5,7,20H2,1H3;(H,6,7). The fourth-order valence-corrected chi connectivity index (χ4v) is 3.34. The third-order valence-electron chi connectivity index (χ3n) is 4.99. The van der Waals surface area contributed by atoms with Gasteiger partial charge in [0.1, 0.15) is 0 Å². The van der Waals surface area contributed by atoms with Gasteiger partial charge in [0.05, 0.1) is 23.3 Å². The molecule has 0 bridgehead atoms. The van der Waals surface area contributed by atoms with E-state index in [0.717, 1.165) is 10.1 Å². The number of carbonyl (C=O) groups excluding carboxylic acids is 1. The van der Waals surface area contributed by atoms with Crippen molar-refractivity contribution >= 4 is 17.4 Å². The van der Waals surface area contributed by atoms with Gasteiger partial charge >= 0.3 is 18.3 Å². The van der Waals surface area contributed by atoms with Crippen molar-refractivity contribution in [3.63, 3.8) is 0 Å². The molecule has 3 aromatic rings. The zero-order chi connectivity index (χ0) is 25.4. The lowest BCUT2D eigenvalue weighted by Crippen LogP contribution is -2.42. The van der Waals surface area contributed by atoms with E-state index in [9.17, 15) is 31.1 Å². The van der Waals surface area contributed by atoms with Crippen molar-refractivity contribution < 1.29 is 41.0 Å². The van der Waals surface area contributed by atoms with Gasteiger partial charge in [0.25, 0.3) is 5.91 Å². The van der Waals surface area contributed by atoms with Gasteiger partial charge in [-0.15, -0.1) is 10.2 Å². The molecule has 10 nitrogen and oxygen atoms in total. The van der Waals surface area contributed by atoms with Crippen LogP contribution in [0.5, 0.6) is 0 Å². The molecule has 1 unspecified atom stereocenters. The van der Waals surface area contributed by atoms with E-state index in [4.69, 9.17) is 15.6 Å². The van der Waals surface area contributed by atoms with Crippen LogP contribution in [0.2, 0.25) is 0 Å². The van der Waals surface area contributed by atoms with Gasteiger partial charge in [-0.25, -0.2) is 9.31 Å². The predicted molar refractivity (Wildman–Crippen MR) is 101 cm³/mol. The predicted octanol–water partition coefficient (Wildman–Crippen LogP) is 2.25. The number of aliphatic carboxylic acids is 1. The number of alkyl halides is 6. The summed E-state index contributed by atoms with van der Waals surface area (Å²) in [5.74, 6) is -4.01. The highest BCUT2D eigenvalue weighted by Crippen LogP contribution is 2.33. The lowest BCUT2D eigenvalue weighted by molar-refractivity contribution is -0.192. The van der Waals surface area contributed by atoms with E-state index in [2.05, 4.69) is 15.3 Å². The molecule has 3 aromatic heterocycles. The number of hydrogen-bond acceptors (Lipinski definition) is 6. The second kappa shape index (κ2) is 8.92. The van der Waals surface area contributed by atoms with E-state index >= 15 is 0 Å². The molecule has 1 aliphatic rings. The number of nitrogens with two attached hydrogens (primary N) is 1. The summed E-state index contributed by atoms with van der Waals surface area (Å²) in [4.78, 5) is 23.4. The third-order valence-corrected chi connectivity index (χ3v) is 4.99. The van der Waals surface area contributed by atoms with E-state index in [-0.39, 0.29) is 24.8 Å². The zero-order valence-electron chi connectivity index (χ0n) is 17.3.